The van der Waals surface area contributed by atoms with Crippen LogP contribution in [0, 0.1) is 5.82 Å². The van der Waals surface area contributed by atoms with Crippen LogP contribution in [0.25, 0.3) is 0 Å². The lowest BCUT2D eigenvalue weighted by molar-refractivity contribution is -0.123. The lowest BCUT2D eigenvalue weighted by Gasteiger charge is -2.11. The normalized spacial score (nSPS) is 11.9. The first kappa shape index (κ1) is 16.2. The molecule has 22 heavy (non-hydrogen) atoms. The molecule has 0 fully saturated rings. The number of rotatable bonds is 7. The highest BCUT2D eigenvalue weighted by atomic mass is 19.1. The van der Waals surface area contributed by atoms with Gasteiger partial charge in [-0.1, -0.05) is 42.5 Å². The molecule has 2 aromatic rings. The first-order chi connectivity index (χ1) is 10.6. The molecule has 1 unspecified atom stereocenters. The van der Waals surface area contributed by atoms with Crippen LogP contribution in [-0.4, -0.2) is 17.6 Å². The van der Waals surface area contributed by atoms with Crippen LogP contribution in [-0.2, 0) is 11.2 Å². The van der Waals surface area contributed by atoms with E-state index in [2.05, 4.69) is 5.32 Å². The van der Waals surface area contributed by atoms with Crippen LogP contribution in [0.5, 0.6) is 0 Å². The SMILES string of the molecule is O=C(CC(O)c1ccccc1)NCCCc1cccc(F)c1. The van der Waals surface area contributed by atoms with Gasteiger partial charge in [-0.3, -0.25) is 4.79 Å². The van der Waals surface area contributed by atoms with Gasteiger partial charge < -0.3 is 10.4 Å². The summed E-state index contributed by atoms with van der Waals surface area (Å²) in [7, 11) is 0. The number of amides is 1. The molecule has 3 nitrogen and oxygen atoms in total. The van der Waals surface area contributed by atoms with Gasteiger partial charge in [0, 0.05) is 6.54 Å². The first-order valence-corrected chi connectivity index (χ1v) is 7.39. The molecule has 0 aliphatic rings. The van der Waals surface area contributed by atoms with E-state index in [1.54, 1.807) is 18.2 Å². The fraction of sp³-hybridized carbons (Fsp3) is 0.278. The summed E-state index contributed by atoms with van der Waals surface area (Å²) in [6, 6.07) is 15.6. The van der Waals surface area contributed by atoms with Gasteiger partial charge in [-0.15, -0.1) is 0 Å². The zero-order valence-corrected chi connectivity index (χ0v) is 12.3. The van der Waals surface area contributed by atoms with E-state index in [4.69, 9.17) is 0 Å². The lowest BCUT2D eigenvalue weighted by Crippen LogP contribution is -2.26. The Kier molecular flexibility index (Phi) is 6.10. The number of aliphatic hydroxyl groups excluding tert-OH is 1. The Morgan fingerprint density at radius 3 is 2.64 bits per heavy atom. The average molecular weight is 301 g/mol. The summed E-state index contributed by atoms with van der Waals surface area (Å²) in [6.07, 6.45) is 0.698. The number of aryl methyl sites for hydroxylation is 1. The predicted molar refractivity (Wildman–Crippen MR) is 83.7 cm³/mol. The minimum atomic E-state index is -0.788. The second-order valence-corrected chi connectivity index (χ2v) is 5.21. The third-order valence-electron chi connectivity index (χ3n) is 3.42. The Morgan fingerprint density at radius 1 is 1.14 bits per heavy atom. The van der Waals surface area contributed by atoms with Crippen LogP contribution < -0.4 is 5.32 Å². The van der Waals surface area contributed by atoms with Crippen LogP contribution in [0.15, 0.2) is 54.6 Å². The summed E-state index contributed by atoms with van der Waals surface area (Å²) < 4.78 is 13.0. The number of halogens is 1. The van der Waals surface area contributed by atoms with Crippen molar-refractivity contribution in [3.05, 3.63) is 71.5 Å². The number of hydrogen-bond acceptors (Lipinski definition) is 2. The zero-order valence-electron chi connectivity index (χ0n) is 12.3. The quantitative estimate of drug-likeness (QED) is 0.772. The summed E-state index contributed by atoms with van der Waals surface area (Å²) in [6.45, 7) is 0.511. The molecule has 0 saturated heterocycles. The Labute approximate surface area is 129 Å². The van der Waals surface area contributed by atoms with E-state index in [9.17, 15) is 14.3 Å². The van der Waals surface area contributed by atoms with Crippen molar-refractivity contribution in [2.75, 3.05) is 6.54 Å². The summed E-state index contributed by atoms with van der Waals surface area (Å²) in [5.74, 6) is -0.428. The summed E-state index contributed by atoms with van der Waals surface area (Å²) >= 11 is 0. The molecule has 0 aromatic heterocycles. The molecule has 1 amide bonds. The van der Waals surface area contributed by atoms with Crippen molar-refractivity contribution in [3.8, 4) is 0 Å². The largest absolute Gasteiger partial charge is 0.388 e. The van der Waals surface area contributed by atoms with Crippen LogP contribution in [0.1, 0.15) is 30.1 Å². The van der Waals surface area contributed by atoms with Crippen LogP contribution in [0.4, 0.5) is 4.39 Å². The molecule has 0 bridgehead atoms. The van der Waals surface area contributed by atoms with Crippen molar-refractivity contribution in [1.82, 2.24) is 5.32 Å². The van der Waals surface area contributed by atoms with Gasteiger partial charge in [0.2, 0.25) is 5.91 Å². The van der Waals surface area contributed by atoms with E-state index in [1.807, 2.05) is 24.3 Å². The van der Waals surface area contributed by atoms with Crippen molar-refractivity contribution >= 4 is 5.91 Å². The second kappa shape index (κ2) is 8.29. The number of benzene rings is 2. The second-order valence-electron chi connectivity index (χ2n) is 5.21. The van der Waals surface area contributed by atoms with Gasteiger partial charge in [-0.2, -0.15) is 0 Å². The van der Waals surface area contributed by atoms with Crippen molar-refractivity contribution in [2.45, 2.75) is 25.4 Å². The maximum Gasteiger partial charge on any atom is 0.222 e. The first-order valence-electron chi connectivity index (χ1n) is 7.39. The molecule has 0 spiro atoms. The topological polar surface area (TPSA) is 49.3 Å². The highest BCUT2D eigenvalue weighted by Crippen LogP contribution is 2.15. The monoisotopic (exact) mass is 301 g/mol. The molecular formula is C18H20FNO2. The molecule has 4 heteroatoms. The van der Waals surface area contributed by atoms with Crippen molar-refractivity contribution in [2.24, 2.45) is 0 Å². The molecule has 0 heterocycles. The lowest BCUT2D eigenvalue weighted by atomic mass is 10.1. The van der Waals surface area contributed by atoms with Crippen LogP contribution in [0.3, 0.4) is 0 Å². The number of aliphatic hydroxyl groups is 1. The molecule has 0 aliphatic carbocycles. The fourth-order valence-electron chi connectivity index (χ4n) is 2.25. The fourth-order valence-corrected chi connectivity index (χ4v) is 2.25. The summed E-state index contributed by atoms with van der Waals surface area (Å²) in [5.41, 5.74) is 1.65. The minimum Gasteiger partial charge on any atom is -0.388 e. The van der Waals surface area contributed by atoms with E-state index in [-0.39, 0.29) is 18.1 Å². The van der Waals surface area contributed by atoms with Crippen molar-refractivity contribution < 1.29 is 14.3 Å². The molecule has 0 radical (unpaired) electrons. The van der Waals surface area contributed by atoms with Gasteiger partial charge in [0.25, 0.3) is 0 Å². The van der Waals surface area contributed by atoms with Crippen LogP contribution >= 0.6 is 0 Å². The third kappa shape index (κ3) is 5.30. The zero-order chi connectivity index (χ0) is 15.8. The Balaban J connectivity index is 1.68. The van der Waals surface area contributed by atoms with Gasteiger partial charge >= 0.3 is 0 Å². The van der Waals surface area contributed by atoms with Crippen molar-refractivity contribution in [3.63, 3.8) is 0 Å². The highest BCUT2D eigenvalue weighted by molar-refractivity contribution is 5.76. The molecule has 2 N–H and O–H groups in total. The van der Waals surface area contributed by atoms with E-state index in [0.717, 1.165) is 17.5 Å². The van der Waals surface area contributed by atoms with E-state index in [0.29, 0.717) is 13.0 Å². The van der Waals surface area contributed by atoms with Gasteiger partial charge in [-0.25, -0.2) is 4.39 Å². The number of carbonyl (C=O) groups is 1. The maximum atomic E-state index is 13.0. The standard InChI is InChI=1S/C18H20FNO2/c19-16-10-4-6-14(12-16)7-5-11-20-18(22)13-17(21)15-8-2-1-3-9-15/h1-4,6,8-10,12,17,21H,5,7,11,13H2,(H,20,22). The maximum absolute atomic E-state index is 13.0. The average Bonchev–Trinajstić information content (AvgIpc) is 2.52. The Bertz CT molecular complexity index is 601. The highest BCUT2D eigenvalue weighted by Gasteiger charge is 2.12. The van der Waals surface area contributed by atoms with Crippen molar-refractivity contribution in [1.29, 1.82) is 0 Å². The molecular weight excluding hydrogens is 281 g/mol. The van der Waals surface area contributed by atoms with Gasteiger partial charge in [0.15, 0.2) is 0 Å². The van der Waals surface area contributed by atoms with E-state index in [1.165, 1.54) is 12.1 Å². The number of carbonyl (C=O) groups excluding carboxylic acids is 1. The molecule has 1 atom stereocenters. The Hall–Kier alpha value is -2.20. The van der Waals surface area contributed by atoms with Gasteiger partial charge in [-0.05, 0) is 36.1 Å². The van der Waals surface area contributed by atoms with E-state index < -0.39 is 6.10 Å². The molecule has 0 saturated carbocycles. The number of hydrogen-bond donors (Lipinski definition) is 2. The van der Waals surface area contributed by atoms with E-state index >= 15 is 0 Å². The Morgan fingerprint density at radius 2 is 1.91 bits per heavy atom. The summed E-state index contributed by atoms with van der Waals surface area (Å²) in [4.78, 5) is 11.8. The summed E-state index contributed by atoms with van der Waals surface area (Å²) in [5, 5.41) is 12.7. The molecule has 2 aromatic carbocycles. The van der Waals surface area contributed by atoms with Gasteiger partial charge in [0.05, 0.1) is 12.5 Å². The smallest absolute Gasteiger partial charge is 0.222 e. The van der Waals surface area contributed by atoms with Crippen LogP contribution in [0.2, 0.25) is 0 Å². The number of nitrogens with one attached hydrogen (secondary N) is 1. The molecule has 0 aliphatic heterocycles. The minimum absolute atomic E-state index is 0.0456. The molecule has 2 rings (SSSR count). The third-order valence-corrected chi connectivity index (χ3v) is 3.42. The molecule has 116 valence electrons. The predicted octanol–water partition coefficient (Wildman–Crippen LogP) is 3.00. The van der Waals surface area contributed by atoms with Gasteiger partial charge in [0.1, 0.15) is 5.82 Å².